The number of aryl methyl sites for hydroxylation is 2. The van der Waals surface area contributed by atoms with Crippen LogP contribution in [0.3, 0.4) is 0 Å². The van der Waals surface area contributed by atoms with Crippen LogP contribution in [0.25, 0.3) is 0 Å². The van der Waals surface area contributed by atoms with Crippen molar-refractivity contribution in [2.45, 2.75) is 51.3 Å². The molecule has 0 spiro atoms. The Kier molecular flexibility index (Phi) is 4.74. The summed E-state index contributed by atoms with van der Waals surface area (Å²) in [7, 11) is -3.60. The van der Waals surface area contributed by atoms with Gasteiger partial charge in [-0.25, -0.2) is 18.1 Å². The molecule has 2 rings (SSSR count). The lowest BCUT2D eigenvalue weighted by molar-refractivity contribution is 0.390. The van der Waals surface area contributed by atoms with E-state index in [4.69, 9.17) is 4.52 Å². The summed E-state index contributed by atoms with van der Waals surface area (Å²) in [5.74, 6) is 0.300. The van der Waals surface area contributed by atoms with E-state index in [9.17, 15) is 8.42 Å². The monoisotopic (exact) mass is 343 g/mol. The Morgan fingerprint density at radius 1 is 1.32 bits per heavy atom. The van der Waals surface area contributed by atoms with Crippen molar-refractivity contribution in [3.8, 4) is 0 Å². The Hall–Kier alpha value is -1.25. The van der Waals surface area contributed by atoms with Crippen molar-refractivity contribution in [1.29, 1.82) is 0 Å². The van der Waals surface area contributed by atoms with Crippen molar-refractivity contribution in [3.05, 3.63) is 27.5 Å². The van der Waals surface area contributed by atoms with E-state index in [1.165, 1.54) is 0 Å². The fourth-order valence-corrected chi connectivity index (χ4v) is 4.37. The number of thiazole rings is 1. The van der Waals surface area contributed by atoms with E-state index in [0.717, 1.165) is 10.7 Å². The van der Waals surface area contributed by atoms with Gasteiger partial charge in [-0.2, -0.15) is 0 Å². The molecule has 1 N–H and O–H groups in total. The van der Waals surface area contributed by atoms with Crippen molar-refractivity contribution in [1.82, 2.24) is 14.9 Å². The summed E-state index contributed by atoms with van der Waals surface area (Å²) in [5.41, 5.74) is 1.40. The Morgan fingerprint density at radius 3 is 2.50 bits per heavy atom. The minimum Gasteiger partial charge on any atom is -0.360 e. The molecule has 0 atom stereocenters. The predicted octanol–water partition coefficient (Wildman–Crippen LogP) is 2.57. The minimum atomic E-state index is -3.60. The van der Waals surface area contributed by atoms with E-state index in [1.54, 1.807) is 25.2 Å². The highest BCUT2D eigenvalue weighted by molar-refractivity contribution is 7.89. The summed E-state index contributed by atoms with van der Waals surface area (Å²) in [4.78, 5) is 4.68. The minimum absolute atomic E-state index is 0.00490. The fourth-order valence-electron chi connectivity index (χ4n) is 1.99. The molecule has 0 unspecified atom stereocenters. The molecule has 2 aromatic rings. The second-order valence-electron chi connectivity index (χ2n) is 6.18. The maximum absolute atomic E-state index is 12.3. The Balaban J connectivity index is 2.01. The Morgan fingerprint density at radius 2 is 2.00 bits per heavy atom. The molecule has 0 radical (unpaired) electrons. The molecule has 0 bridgehead atoms. The molecular formula is C14H21N3O3S2. The third-order valence-corrected chi connectivity index (χ3v) is 5.80. The van der Waals surface area contributed by atoms with Crippen LogP contribution in [0.1, 0.15) is 42.9 Å². The lowest BCUT2D eigenvalue weighted by Gasteiger charge is -2.14. The predicted molar refractivity (Wildman–Crippen MR) is 85.7 cm³/mol. The second kappa shape index (κ2) is 6.10. The molecule has 6 nitrogen and oxygen atoms in total. The lowest BCUT2D eigenvalue weighted by Crippen LogP contribution is -2.26. The van der Waals surface area contributed by atoms with Crippen LogP contribution >= 0.6 is 11.3 Å². The molecular weight excluding hydrogens is 322 g/mol. The highest BCUT2D eigenvalue weighted by atomic mass is 32.2. The van der Waals surface area contributed by atoms with E-state index in [1.807, 2.05) is 5.38 Å². The summed E-state index contributed by atoms with van der Waals surface area (Å²) in [6, 6.07) is 0. The van der Waals surface area contributed by atoms with Gasteiger partial charge in [-0.3, -0.25) is 0 Å². The first-order valence-electron chi connectivity index (χ1n) is 6.98. The number of hydrogen-bond acceptors (Lipinski definition) is 6. The van der Waals surface area contributed by atoms with E-state index in [2.05, 4.69) is 35.6 Å². The molecule has 0 aliphatic rings. The maximum atomic E-state index is 12.3. The van der Waals surface area contributed by atoms with Crippen molar-refractivity contribution in [2.24, 2.45) is 0 Å². The molecule has 122 valence electrons. The maximum Gasteiger partial charge on any atom is 0.245 e. The zero-order valence-corrected chi connectivity index (χ0v) is 15.1. The average molecular weight is 343 g/mol. The number of nitrogens with one attached hydrogen (secondary N) is 1. The molecule has 0 fully saturated rings. The Labute approximate surface area is 135 Å². The first-order valence-corrected chi connectivity index (χ1v) is 9.35. The van der Waals surface area contributed by atoms with E-state index in [0.29, 0.717) is 24.4 Å². The highest BCUT2D eigenvalue weighted by Gasteiger charge is 2.24. The van der Waals surface area contributed by atoms with Crippen LogP contribution < -0.4 is 4.72 Å². The van der Waals surface area contributed by atoms with E-state index in [-0.39, 0.29) is 10.3 Å². The third kappa shape index (κ3) is 3.74. The van der Waals surface area contributed by atoms with E-state index < -0.39 is 10.0 Å². The van der Waals surface area contributed by atoms with Gasteiger partial charge in [0.05, 0.1) is 10.7 Å². The second-order valence-corrected chi connectivity index (χ2v) is 8.82. The molecule has 0 aliphatic carbocycles. The zero-order chi connectivity index (χ0) is 16.5. The van der Waals surface area contributed by atoms with Crippen molar-refractivity contribution >= 4 is 21.4 Å². The number of rotatable bonds is 5. The van der Waals surface area contributed by atoms with Gasteiger partial charge in [-0.15, -0.1) is 11.3 Å². The normalized spacial score (nSPS) is 12.8. The quantitative estimate of drug-likeness (QED) is 0.902. The SMILES string of the molecule is Cc1noc(C)c1S(=O)(=O)NCCc1nc(C(C)(C)C)cs1. The van der Waals surface area contributed by atoms with Gasteiger partial charge in [-0.1, -0.05) is 25.9 Å². The van der Waals surface area contributed by atoms with Gasteiger partial charge in [0.1, 0.15) is 10.6 Å². The van der Waals surface area contributed by atoms with Gasteiger partial charge in [0, 0.05) is 23.8 Å². The number of nitrogens with zero attached hydrogens (tertiary/aromatic N) is 2. The topological polar surface area (TPSA) is 85.1 Å². The summed E-state index contributed by atoms with van der Waals surface area (Å²) in [5, 5.41) is 6.62. The molecule has 0 amide bonds. The van der Waals surface area contributed by atoms with Crippen LogP contribution in [0.5, 0.6) is 0 Å². The summed E-state index contributed by atoms with van der Waals surface area (Å²) in [6.07, 6.45) is 0.559. The fraction of sp³-hybridized carbons (Fsp3) is 0.571. The van der Waals surface area contributed by atoms with Gasteiger partial charge in [0.2, 0.25) is 10.0 Å². The molecule has 0 aliphatic heterocycles. The van der Waals surface area contributed by atoms with Gasteiger partial charge < -0.3 is 4.52 Å². The van der Waals surface area contributed by atoms with E-state index >= 15 is 0 Å². The first kappa shape index (κ1) is 17.1. The molecule has 2 aromatic heterocycles. The van der Waals surface area contributed by atoms with Gasteiger partial charge >= 0.3 is 0 Å². The summed E-state index contributed by atoms with van der Waals surface area (Å²) < 4.78 is 32.0. The summed E-state index contributed by atoms with van der Waals surface area (Å²) in [6.45, 7) is 9.81. The number of hydrogen-bond donors (Lipinski definition) is 1. The number of aromatic nitrogens is 2. The zero-order valence-electron chi connectivity index (χ0n) is 13.4. The van der Waals surface area contributed by atoms with Crippen molar-refractivity contribution in [2.75, 3.05) is 6.54 Å². The molecule has 0 saturated heterocycles. The largest absolute Gasteiger partial charge is 0.360 e. The molecule has 0 aromatic carbocycles. The van der Waals surface area contributed by atoms with Crippen LogP contribution in [0.2, 0.25) is 0 Å². The van der Waals surface area contributed by atoms with Crippen LogP contribution in [-0.2, 0) is 21.9 Å². The van der Waals surface area contributed by atoms with Crippen molar-refractivity contribution in [3.63, 3.8) is 0 Å². The lowest BCUT2D eigenvalue weighted by atomic mass is 9.93. The first-order chi connectivity index (χ1) is 10.1. The molecule has 2 heterocycles. The average Bonchev–Trinajstić information content (AvgIpc) is 2.96. The van der Waals surface area contributed by atoms with Crippen LogP contribution in [0.4, 0.5) is 0 Å². The molecule has 8 heteroatoms. The Bertz CT molecular complexity index is 735. The van der Waals surface area contributed by atoms with Gasteiger partial charge in [0.15, 0.2) is 5.76 Å². The smallest absolute Gasteiger partial charge is 0.245 e. The highest BCUT2D eigenvalue weighted by Crippen LogP contribution is 2.24. The van der Waals surface area contributed by atoms with Crippen LogP contribution in [-0.4, -0.2) is 25.1 Å². The summed E-state index contributed by atoms with van der Waals surface area (Å²) >= 11 is 1.55. The van der Waals surface area contributed by atoms with Crippen LogP contribution in [0, 0.1) is 13.8 Å². The standard InChI is InChI=1S/C14H21N3O3S2/c1-9-13(10(2)20-17-9)22(18,19)15-7-6-12-16-11(8-21-12)14(3,4)5/h8,15H,6-7H2,1-5H3. The third-order valence-electron chi connectivity index (χ3n) is 3.19. The van der Waals surface area contributed by atoms with Gasteiger partial charge in [0.25, 0.3) is 0 Å². The molecule has 0 saturated carbocycles. The van der Waals surface area contributed by atoms with Crippen LogP contribution in [0.15, 0.2) is 14.8 Å². The molecule has 22 heavy (non-hydrogen) atoms. The number of sulfonamides is 1. The van der Waals surface area contributed by atoms with Crippen molar-refractivity contribution < 1.29 is 12.9 Å². The van der Waals surface area contributed by atoms with Gasteiger partial charge in [-0.05, 0) is 13.8 Å².